The highest BCUT2D eigenvalue weighted by atomic mass is 16.6. The van der Waals surface area contributed by atoms with E-state index in [4.69, 9.17) is 18.9 Å². The molecule has 0 amide bonds. The molecule has 1 saturated heterocycles. The van der Waals surface area contributed by atoms with E-state index < -0.39 is 47.4 Å². The molecule has 1 aromatic carbocycles. The molecule has 0 radical (unpaired) electrons. The molecule has 11 heteroatoms. The SMILES string of the molecule is CC(=O)O[C@@H]1[C@@H](OC(C)=O)[C@H](N2CCc3cc([N+](=O)[O-])ccc32)OC[C@@H]1OC(C)=O. The third-order valence-electron chi connectivity index (χ3n) is 4.84. The number of hydrogen-bond acceptors (Lipinski definition) is 10. The van der Waals surface area contributed by atoms with Crippen LogP contribution in [-0.2, 0) is 39.8 Å². The molecule has 2 aliphatic heterocycles. The summed E-state index contributed by atoms with van der Waals surface area (Å²) in [7, 11) is 0. The van der Waals surface area contributed by atoms with Crippen LogP contribution in [0.1, 0.15) is 26.3 Å². The van der Waals surface area contributed by atoms with Gasteiger partial charge in [0.15, 0.2) is 24.5 Å². The molecule has 4 atom stereocenters. The van der Waals surface area contributed by atoms with Gasteiger partial charge in [0.2, 0.25) is 0 Å². The maximum Gasteiger partial charge on any atom is 0.303 e. The standard InChI is InChI=1S/C19H22N2O9/c1-10(22)28-16-9-27-19(18(30-12(3)24)17(16)29-11(2)23)20-7-6-13-8-14(21(25)26)4-5-15(13)20/h4-5,8,16-19H,6-7,9H2,1-3H3/t16-,17-,18+,19+/m0/s1. The number of benzene rings is 1. The number of nitro benzene ring substituents is 1. The Kier molecular flexibility index (Phi) is 6.20. The molecule has 0 N–H and O–H groups in total. The number of esters is 3. The van der Waals surface area contributed by atoms with Crippen molar-refractivity contribution in [2.24, 2.45) is 0 Å². The highest BCUT2D eigenvalue weighted by Gasteiger charge is 2.50. The Balaban J connectivity index is 1.94. The van der Waals surface area contributed by atoms with Crippen molar-refractivity contribution in [3.8, 4) is 0 Å². The molecule has 0 aliphatic carbocycles. The maximum atomic E-state index is 11.8. The first-order valence-corrected chi connectivity index (χ1v) is 9.34. The van der Waals surface area contributed by atoms with E-state index in [-0.39, 0.29) is 12.3 Å². The van der Waals surface area contributed by atoms with Crippen molar-refractivity contribution in [1.82, 2.24) is 0 Å². The third-order valence-corrected chi connectivity index (χ3v) is 4.84. The summed E-state index contributed by atoms with van der Waals surface area (Å²) in [5.74, 6) is -1.86. The Morgan fingerprint density at radius 3 is 2.30 bits per heavy atom. The average Bonchev–Trinajstić information content (AvgIpc) is 3.06. The van der Waals surface area contributed by atoms with E-state index in [0.717, 1.165) is 5.56 Å². The largest absolute Gasteiger partial charge is 0.456 e. The van der Waals surface area contributed by atoms with Crippen molar-refractivity contribution >= 4 is 29.3 Å². The quantitative estimate of drug-likeness (QED) is 0.294. The van der Waals surface area contributed by atoms with Crippen LogP contribution in [0.5, 0.6) is 0 Å². The van der Waals surface area contributed by atoms with E-state index in [1.165, 1.54) is 32.9 Å². The van der Waals surface area contributed by atoms with Crippen LogP contribution in [0.2, 0.25) is 0 Å². The molecule has 0 unspecified atom stereocenters. The van der Waals surface area contributed by atoms with Crippen LogP contribution in [-0.4, -0.2) is 60.5 Å². The number of rotatable bonds is 5. The fourth-order valence-electron chi connectivity index (χ4n) is 3.78. The Bertz CT molecular complexity index is 872. The number of anilines is 1. The molecule has 162 valence electrons. The van der Waals surface area contributed by atoms with Crippen molar-refractivity contribution in [3.63, 3.8) is 0 Å². The first-order chi connectivity index (χ1) is 14.2. The van der Waals surface area contributed by atoms with Crippen LogP contribution in [0, 0.1) is 10.1 Å². The number of hydrogen-bond donors (Lipinski definition) is 0. The summed E-state index contributed by atoms with van der Waals surface area (Å²) in [5, 5.41) is 11.0. The Labute approximate surface area is 172 Å². The lowest BCUT2D eigenvalue weighted by Crippen LogP contribution is -2.62. The van der Waals surface area contributed by atoms with Gasteiger partial charge in [-0.3, -0.25) is 24.5 Å². The van der Waals surface area contributed by atoms with E-state index in [9.17, 15) is 24.5 Å². The number of nitrogens with zero attached hydrogens (tertiary/aromatic N) is 2. The van der Waals surface area contributed by atoms with Crippen LogP contribution in [0.25, 0.3) is 0 Å². The highest BCUT2D eigenvalue weighted by Crippen LogP contribution is 2.36. The summed E-state index contributed by atoms with van der Waals surface area (Å²) in [5.41, 5.74) is 1.42. The Morgan fingerprint density at radius 2 is 1.70 bits per heavy atom. The fraction of sp³-hybridized carbons (Fsp3) is 0.526. The topological polar surface area (TPSA) is 135 Å². The van der Waals surface area contributed by atoms with Gasteiger partial charge in [-0.05, 0) is 18.1 Å². The second-order valence-electron chi connectivity index (χ2n) is 7.03. The predicted octanol–water partition coefficient (Wildman–Crippen LogP) is 1.11. The summed E-state index contributed by atoms with van der Waals surface area (Å²) >= 11 is 0. The monoisotopic (exact) mass is 422 g/mol. The second-order valence-corrected chi connectivity index (χ2v) is 7.03. The van der Waals surface area contributed by atoms with Gasteiger partial charge in [0.05, 0.1) is 11.5 Å². The number of fused-ring (bicyclic) bond motifs is 1. The average molecular weight is 422 g/mol. The minimum Gasteiger partial charge on any atom is -0.456 e. The zero-order valence-corrected chi connectivity index (χ0v) is 16.7. The predicted molar refractivity (Wildman–Crippen MR) is 101 cm³/mol. The minimum atomic E-state index is -1.08. The van der Waals surface area contributed by atoms with Gasteiger partial charge in [0, 0.05) is 45.1 Å². The smallest absolute Gasteiger partial charge is 0.303 e. The molecule has 0 saturated carbocycles. The number of ether oxygens (including phenoxy) is 4. The summed E-state index contributed by atoms with van der Waals surface area (Å²) < 4.78 is 21.9. The molecule has 2 aliphatic rings. The number of non-ortho nitro benzene ring substituents is 1. The molecule has 1 fully saturated rings. The van der Waals surface area contributed by atoms with E-state index in [0.29, 0.717) is 18.7 Å². The van der Waals surface area contributed by atoms with Crippen molar-refractivity contribution in [2.75, 3.05) is 18.1 Å². The first kappa shape index (κ1) is 21.5. The van der Waals surface area contributed by atoms with Gasteiger partial charge >= 0.3 is 17.9 Å². The normalized spacial score (nSPS) is 25.2. The third kappa shape index (κ3) is 4.51. The van der Waals surface area contributed by atoms with Gasteiger partial charge in [0.25, 0.3) is 5.69 Å². The van der Waals surface area contributed by atoms with Gasteiger partial charge in [0.1, 0.15) is 0 Å². The maximum absolute atomic E-state index is 11.8. The molecular formula is C19H22N2O9. The van der Waals surface area contributed by atoms with Crippen molar-refractivity contribution in [1.29, 1.82) is 0 Å². The van der Waals surface area contributed by atoms with Crippen molar-refractivity contribution in [2.45, 2.75) is 51.7 Å². The molecule has 30 heavy (non-hydrogen) atoms. The van der Waals surface area contributed by atoms with Gasteiger partial charge in [-0.2, -0.15) is 0 Å². The van der Waals surface area contributed by atoms with E-state index in [1.807, 2.05) is 0 Å². The Hall–Kier alpha value is -3.21. The van der Waals surface area contributed by atoms with Crippen LogP contribution >= 0.6 is 0 Å². The Morgan fingerprint density at radius 1 is 1.07 bits per heavy atom. The fourth-order valence-corrected chi connectivity index (χ4v) is 3.78. The van der Waals surface area contributed by atoms with Gasteiger partial charge < -0.3 is 23.8 Å². The lowest BCUT2D eigenvalue weighted by Gasteiger charge is -2.44. The molecule has 0 spiro atoms. The summed E-state index contributed by atoms with van der Waals surface area (Å²) in [6.07, 6.45) is -3.42. The molecule has 11 nitrogen and oxygen atoms in total. The van der Waals surface area contributed by atoms with Gasteiger partial charge in [-0.25, -0.2) is 0 Å². The van der Waals surface area contributed by atoms with E-state index in [2.05, 4.69) is 0 Å². The van der Waals surface area contributed by atoms with Crippen LogP contribution < -0.4 is 4.90 Å². The van der Waals surface area contributed by atoms with Gasteiger partial charge in [-0.15, -0.1) is 0 Å². The zero-order chi connectivity index (χ0) is 22.0. The number of carbonyl (C=O) groups is 3. The number of carbonyl (C=O) groups excluding carboxylic acids is 3. The van der Waals surface area contributed by atoms with E-state index >= 15 is 0 Å². The molecule has 3 rings (SSSR count). The minimum absolute atomic E-state index is 0.0237. The van der Waals surface area contributed by atoms with Crippen LogP contribution in [0.15, 0.2) is 18.2 Å². The lowest BCUT2D eigenvalue weighted by molar-refractivity contribution is -0.384. The molecule has 1 aromatic rings. The molecule has 2 heterocycles. The zero-order valence-electron chi connectivity index (χ0n) is 16.7. The summed E-state index contributed by atoms with van der Waals surface area (Å²) in [4.78, 5) is 47.3. The van der Waals surface area contributed by atoms with Crippen LogP contribution in [0.3, 0.4) is 0 Å². The van der Waals surface area contributed by atoms with Gasteiger partial charge in [-0.1, -0.05) is 0 Å². The molecule has 0 bridgehead atoms. The van der Waals surface area contributed by atoms with E-state index in [1.54, 1.807) is 11.0 Å². The number of nitro groups is 1. The van der Waals surface area contributed by atoms with Crippen molar-refractivity contribution < 1.29 is 38.3 Å². The van der Waals surface area contributed by atoms with Crippen molar-refractivity contribution in [3.05, 3.63) is 33.9 Å². The molecule has 0 aromatic heterocycles. The van der Waals surface area contributed by atoms with Crippen LogP contribution in [0.4, 0.5) is 11.4 Å². The summed E-state index contributed by atoms with van der Waals surface area (Å²) in [6, 6.07) is 4.48. The summed E-state index contributed by atoms with van der Waals surface area (Å²) in [6.45, 7) is 3.98. The highest BCUT2D eigenvalue weighted by molar-refractivity contribution is 5.69. The first-order valence-electron chi connectivity index (χ1n) is 9.34. The molecular weight excluding hydrogens is 400 g/mol. The second kappa shape index (κ2) is 8.66. The lowest BCUT2D eigenvalue weighted by atomic mass is 10.0.